The highest BCUT2D eigenvalue weighted by Crippen LogP contribution is 2.46. The lowest BCUT2D eigenvalue weighted by Gasteiger charge is -2.35. The van der Waals surface area contributed by atoms with Gasteiger partial charge in [-0.3, -0.25) is 9.59 Å². The topological polar surface area (TPSA) is 109 Å². The van der Waals surface area contributed by atoms with Crippen LogP contribution in [0.25, 0.3) is 0 Å². The minimum Gasteiger partial charge on any atom is -0.497 e. The van der Waals surface area contributed by atoms with Gasteiger partial charge in [-0.1, -0.05) is 0 Å². The molecule has 9 heteroatoms. The second-order valence-corrected chi connectivity index (χ2v) is 8.06. The minimum atomic E-state index is -0.482. The Morgan fingerprint density at radius 3 is 2.64 bits per heavy atom. The number of carbonyl (C=O) groups is 3. The molecule has 2 aliphatic rings. The smallest absolute Gasteiger partial charge is 0.337 e. The molecule has 1 aliphatic carbocycles. The number of esters is 1. The Morgan fingerprint density at radius 2 is 1.97 bits per heavy atom. The van der Waals surface area contributed by atoms with E-state index in [0.717, 1.165) is 12.8 Å². The zero-order valence-electron chi connectivity index (χ0n) is 19.4. The van der Waals surface area contributed by atoms with Gasteiger partial charge in [0.2, 0.25) is 6.29 Å². The van der Waals surface area contributed by atoms with Crippen molar-refractivity contribution in [3.8, 4) is 11.5 Å². The number of methoxy groups -OCH3 is 2. The monoisotopic (exact) mass is 461 g/mol. The summed E-state index contributed by atoms with van der Waals surface area (Å²) in [7, 11) is 2.86. The van der Waals surface area contributed by atoms with Crippen LogP contribution in [0, 0.1) is 17.8 Å². The molecule has 1 aliphatic heterocycles. The molecular weight excluding hydrogens is 430 g/mol. The summed E-state index contributed by atoms with van der Waals surface area (Å²) in [5.41, 5.74) is 0.883. The molecule has 1 aromatic carbocycles. The number of hydrogen-bond donors (Lipinski definition) is 1. The molecule has 0 radical (unpaired) electrons. The van der Waals surface area contributed by atoms with Crippen LogP contribution in [-0.2, 0) is 23.8 Å². The maximum Gasteiger partial charge on any atom is 0.337 e. The van der Waals surface area contributed by atoms with Crippen molar-refractivity contribution in [3.63, 3.8) is 0 Å². The van der Waals surface area contributed by atoms with Gasteiger partial charge in [0, 0.05) is 31.1 Å². The first-order chi connectivity index (χ1) is 15.9. The number of fused-ring (bicyclic) bond motifs is 1. The van der Waals surface area contributed by atoms with Crippen molar-refractivity contribution in [1.29, 1.82) is 0 Å². The van der Waals surface area contributed by atoms with Crippen molar-refractivity contribution in [3.05, 3.63) is 35.6 Å². The molecule has 4 unspecified atom stereocenters. The number of rotatable bonds is 10. The third-order valence-corrected chi connectivity index (χ3v) is 6.14. The number of carbonyl (C=O) groups excluding carboxylic acids is 3. The van der Waals surface area contributed by atoms with Gasteiger partial charge in [0.1, 0.15) is 11.5 Å². The molecule has 1 amide bonds. The highest BCUT2D eigenvalue weighted by Gasteiger charge is 2.48. The predicted molar refractivity (Wildman–Crippen MR) is 118 cm³/mol. The van der Waals surface area contributed by atoms with Gasteiger partial charge in [0.05, 0.1) is 31.6 Å². The van der Waals surface area contributed by atoms with Gasteiger partial charge in [-0.05, 0) is 44.7 Å². The molecule has 3 rings (SSSR count). The van der Waals surface area contributed by atoms with Crippen LogP contribution >= 0.6 is 0 Å². The van der Waals surface area contributed by atoms with Crippen molar-refractivity contribution >= 4 is 17.7 Å². The summed E-state index contributed by atoms with van der Waals surface area (Å²) in [5, 5.41) is 2.90. The molecule has 180 valence electrons. The number of amides is 1. The van der Waals surface area contributed by atoms with E-state index < -0.39 is 12.3 Å². The molecule has 1 aromatic rings. The maximum absolute atomic E-state index is 12.5. The van der Waals surface area contributed by atoms with Crippen LogP contribution in [0.3, 0.4) is 0 Å². The van der Waals surface area contributed by atoms with Crippen LogP contribution in [0.15, 0.2) is 30.0 Å². The van der Waals surface area contributed by atoms with E-state index in [4.69, 9.17) is 23.7 Å². The number of benzene rings is 1. The van der Waals surface area contributed by atoms with E-state index in [9.17, 15) is 14.4 Å². The molecule has 4 atom stereocenters. The Labute approximate surface area is 193 Å². The van der Waals surface area contributed by atoms with Gasteiger partial charge in [-0.25, -0.2) is 4.79 Å². The molecule has 1 saturated carbocycles. The van der Waals surface area contributed by atoms with Gasteiger partial charge in [-0.15, -0.1) is 0 Å². The molecule has 0 aromatic heterocycles. The van der Waals surface area contributed by atoms with E-state index in [1.165, 1.54) is 27.4 Å². The quantitative estimate of drug-likeness (QED) is 0.418. The maximum atomic E-state index is 12.5. The average molecular weight is 462 g/mol. The number of nitrogens with one attached hydrogen (secondary N) is 1. The lowest BCUT2D eigenvalue weighted by Crippen LogP contribution is -2.42. The molecule has 1 N–H and O–H groups in total. The fourth-order valence-corrected chi connectivity index (χ4v) is 4.55. The van der Waals surface area contributed by atoms with Crippen molar-refractivity contribution < 1.29 is 38.1 Å². The zero-order chi connectivity index (χ0) is 24.0. The Balaban J connectivity index is 1.61. The summed E-state index contributed by atoms with van der Waals surface area (Å²) < 4.78 is 27.1. The Hall–Kier alpha value is -3.07. The van der Waals surface area contributed by atoms with Crippen LogP contribution < -0.4 is 14.8 Å². The van der Waals surface area contributed by atoms with Gasteiger partial charge in [0.25, 0.3) is 5.91 Å². The Morgan fingerprint density at radius 1 is 1.18 bits per heavy atom. The van der Waals surface area contributed by atoms with Crippen molar-refractivity contribution in [2.45, 2.75) is 33.0 Å². The number of ether oxygens (including phenoxy) is 5. The van der Waals surface area contributed by atoms with Crippen molar-refractivity contribution in [2.24, 2.45) is 17.8 Å². The highest BCUT2D eigenvalue weighted by molar-refractivity contribution is 5.97. The van der Waals surface area contributed by atoms with E-state index in [0.29, 0.717) is 35.8 Å². The van der Waals surface area contributed by atoms with Gasteiger partial charge < -0.3 is 29.0 Å². The summed E-state index contributed by atoms with van der Waals surface area (Å²) in [6.45, 7) is 3.94. The van der Waals surface area contributed by atoms with Crippen LogP contribution in [-0.4, -0.2) is 57.9 Å². The fourth-order valence-electron chi connectivity index (χ4n) is 4.55. The minimum absolute atomic E-state index is 0.0455. The first-order valence-corrected chi connectivity index (χ1v) is 11.0. The number of Topliss-reactive ketones (excluding diaryl/α,β-unsaturated/α-hetero) is 1. The molecule has 1 heterocycles. The SMILES string of the molecule is CCOC1OC=C(C(=O)OC)C2CCC(CNC(=O)COc3cc(OC)ccc3C(C)=O)C12. The number of ketones is 1. The first-order valence-electron chi connectivity index (χ1n) is 11.0. The van der Waals surface area contributed by atoms with Crippen LogP contribution in [0.1, 0.15) is 37.0 Å². The molecule has 0 saturated heterocycles. The normalized spacial score (nSPS) is 23.6. The third kappa shape index (κ3) is 5.65. The average Bonchev–Trinajstić information content (AvgIpc) is 3.25. The largest absolute Gasteiger partial charge is 0.497 e. The van der Waals surface area contributed by atoms with E-state index in [1.54, 1.807) is 18.2 Å². The fraction of sp³-hybridized carbons (Fsp3) is 0.542. The summed E-state index contributed by atoms with van der Waals surface area (Å²) in [4.78, 5) is 36.5. The summed E-state index contributed by atoms with van der Waals surface area (Å²) in [5.74, 6) is -0.123. The second kappa shape index (κ2) is 11.2. The lowest BCUT2D eigenvalue weighted by atomic mass is 9.82. The second-order valence-electron chi connectivity index (χ2n) is 8.06. The first kappa shape index (κ1) is 24.6. The van der Waals surface area contributed by atoms with Crippen LogP contribution in [0.5, 0.6) is 11.5 Å². The van der Waals surface area contributed by atoms with Crippen LogP contribution in [0.2, 0.25) is 0 Å². The summed E-state index contributed by atoms with van der Waals surface area (Å²) in [6.07, 6.45) is 2.55. The third-order valence-electron chi connectivity index (χ3n) is 6.14. The van der Waals surface area contributed by atoms with Crippen LogP contribution in [0.4, 0.5) is 0 Å². The molecule has 0 spiro atoms. The van der Waals surface area contributed by atoms with E-state index in [-0.39, 0.29) is 36.1 Å². The van der Waals surface area contributed by atoms with Gasteiger partial charge >= 0.3 is 5.97 Å². The van der Waals surface area contributed by atoms with E-state index in [2.05, 4.69) is 5.32 Å². The number of hydrogen-bond acceptors (Lipinski definition) is 8. The molecule has 1 fully saturated rings. The standard InChI is InChI=1S/C24H31NO8/c1-5-31-24-22-15(6-8-18(22)19(12-33-24)23(28)30-4)11-25-21(27)13-32-20-10-16(29-3)7-9-17(20)14(2)26/h7,9-10,12,15,18,22,24H,5-6,8,11,13H2,1-4H3,(H,25,27). The lowest BCUT2D eigenvalue weighted by molar-refractivity contribution is -0.165. The predicted octanol–water partition coefficient (Wildman–Crippen LogP) is 2.48. The van der Waals surface area contributed by atoms with Crippen molar-refractivity contribution in [1.82, 2.24) is 5.32 Å². The van der Waals surface area contributed by atoms with Gasteiger partial charge in [0.15, 0.2) is 12.4 Å². The van der Waals surface area contributed by atoms with Crippen molar-refractivity contribution in [2.75, 3.05) is 34.0 Å². The zero-order valence-corrected chi connectivity index (χ0v) is 19.4. The Kier molecular flexibility index (Phi) is 8.32. The molecule has 9 nitrogen and oxygen atoms in total. The molecule has 0 bridgehead atoms. The summed E-state index contributed by atoms with van der Waals surface area (Å²) in [6, 6.07) is 4.85. The van der Waals surface area contributed by atoms with E-state index in [1.807, 2.05) is 6.92 Å². The van der Waals surface area contributed by atoms with E-state index >= 15 is 0 Å². The molecule has 33 heavy (non-hydrogen) atoms. The summed E-state index contributed by atoms with van der Waals surface area (Å²) >= 11 is 0. The molecular formula is C24H31NO8. The highest BCUT2D eigenvalue weighted by atomic mass is 16.7. The Bertz CT molecular complexity index is 912. The van der Waals surface area contributed by atoms with Gasteiger partial charge in [-0.2, -0.15) is 0 Å².